The molecule has 4 nitrogen and oxygen atoms in total. The zero-order valence-corrected chi connectivity index (χ0v) is 10.6. The highest BCUT2D eigenvalue weighted by atomic mass is 32.2. The van der Waals surface area contributed by atoms with E-state index in [9.17, 15) is 8.42 Å². The Bertz CT molecular complexity index is 304. The first-order chi connectivity index (χ1) is 7.68. The van der Waals surface area contributed by atoms with Crippen molar-refractivity contribution < 1.29 is 8.42 Å². The maximum absolute atomic E-state index is 12.1. The number of nitrogens with one attached hydrogen (secondary N) is 2. The molecule has 1 aliphatic carbocycles. The fourth-order valence-electron chi connectivity index (χ4n) is 2.66. The molecule has 1 unspecified atom stereocenters. The summed E-state index contributed by atoms with van der Waals surface area (Å²) in [6.45, 7) is 1.80. The van der Waals surface area contributed by atoms with Crippen LogP contribution in [0.15, 0.2) is 0 Å². The van der Waals surface area contributed by atoms with Gasteiger partial charge in [-0.3, -0.25) is 0 Å². The third-order valence-corrected chi connectivity index (χ3v) is 5.63. The van der Waals surface area contributed by atoms with E-state index in [2.05, 4.69) is 10.0 Å². The number of hydrogen-bond acceptors (Lipinski definition) is 3. The third-order valence-electron chi connectivity index (χ3n) is 3.62. The summed E-state index contributed by atoms with van der Waals surface area (Å²) < 4.78 is 27.1. The van der Waals surface area contributed by atoms with Gasteiger partial charge in [0.1, 0.15) is 0 Å². The van der Waals surface area contributed by atoms with Crippen LogP contribution in [0.4, 0.5) is 0 Å². The van der Waals surface area contributed by atoms with Gasteiger partial charge in [-0.1, -0.05) is 19.3 Å². The highest BCUT2D eigenvalue weighted by Gasteiger charge is 2.29. The van der Waals surface area contributed by atoms with Gasteiger partial charge in [0.2, 0.25) is 10.0 Å². The summed E-state index contributed by atoms with van der Waals surface area (Å²) >= 11 is 0. The van der Waals surface area contributed by atoms with Gasteiger partial charge in [0, 0.05) is 12.6 Å². The van der Waals surface area contributed by atoms with E-state index in [0.717, 1.165) is 51.6 Å². The maximum atomic E-state index is 12.1. The van der Waals surface area contributed by atoms with E-state index in [1.807, 2.05) is 0 Å². The molecule has 0 aromatic heterocycles. The molecule has 1 saturated carbocycles. The van der Waals surface area contributed by atoms with Gasteiger partial charge >= 0.3 is 0 Å². The van der Waals surface area contributed by atoms with Crippen molar-refractivity contribution in [2.75, 3.05) is 13.1 Å². The largest absolute Gasteiger partial charge is 0.315 e. The van der Waals surface area contributed by atoms with Crippen molar-refractivity contribution in [3.63, 3.8) is 0 Å². The Hall–Kier alpha value is -0.130. The van der Waals surface area contributed by atoms with E-state index in [0.29, 0.717) is 0 Å². The summed E-state index contributed by atoms with van der Waals surface area (Å²) in [7, 11) is -3.07. The smallest absolute Gasteiger partial charge is 0.214 e. The summed E-state index contributed by atoms with van der Waals surface area (Å²) in [5.41, 5.74) is 0. The molecule has 2 rings (SSSR count). The van der Waals surface area contributed by atoms with E-state index in [4.69, 9.17) is 0 Å². The minimum atomic E-state index is -3.07. The predicted octanol–water partition coefficient (Wildman–Crippen LogP) is 0.990. The van der Waals surface area contributed by atoms with E-state index in [1.54, 1.807) is 0 Å². The molecule has 1 aliphatic heterocycles. The van der Waals surface area contributed by atoms with E-state index in [-0.39, 0.29) is 11.3 Å². The number of piperidine rings is 1. The molecular formula is C11H22N2O2S. The fourth-order valence-corrected chi connectivity index (χ4v) is 4.47. The monoisotopic (exact) mass is 246 g/mol. The van der Waals surface area contributed by atoms with Crippen LogP contribution in [0.3, 0.4) is 0 Å². The second-order valence-corrected chi connectivity index (χ2v) is 6.96. The molecule has 0 aromatic rings. The zero-order chi connectivity index (χ0) is 11.4. The van der Waals surface area contributed by atoms with Gasteiger partial charge in [-0.2, -0.15) is 0 Å². The topological polar surface area (TPSA) is 58.2 Å². The van der Waals surface area contributed by atoms with Crippen LogP contribution in [0.25, 0.3) is 0 Å². The Morgan fingerprint density at radius 1 is 1.00 bits per heavy atom. The number of sulfonamides is 1. The zero-order valence-electron chi connectivity index (χ0n) is 9.74. The first kappa shape index (κ1) is 12.3. The molecule has 0 bridgehead atoms. The van der Waals surface area contributed by atoms with Gasteiger partial charge in [-0.15, -0.1) is 0 Å². The van der Waals surface area contributed by atoms with Gasteiger partial charge < -0.3 is 5.32 Å². The molecule has 2 fully saturated rings. The lowest BCUT2D eigenvalue weighted by atomic mass is 10.0. The molecule has 94 valence electrons. The average molecular weight is 246 g/mol. The molecule has 0 spiro atoms. The Kier molecular flexibility index (Phi) is 4.21. The van der Waals surface area contributed by atoms with Crippen molar-refractivity contribution in [3.05, 3.63) is 0 Å². The molecule has 0 radical (unpaired) electrons. The fraction of sp³-hybridized carbons (Fsp3) is 1.00. The Balaban J connectivity index is 1.90. The molecule has 1 saturated heterocycles. The Morgan fingerprint density at radius 2 is 1.75 bits per heavy atom. The minimum absolute atomic E-state index is 0.112. The summed E-state index contributed by atoms with van der Waals surface area (Å²) in [5.74, 6) is 0. The van der Waals surface area contributed by atoms with E-state index in [1.165, 1.54) is 6.42 Å². The lowest BCUT2D eigenvalue weighted by molar-refractivity contribution is 0.418. The minimum Gasteiger partial charge on any atom is -0.315 e. The van der Waals surface area contributed by atoms with Gasteiger partial charge in [-0.25, -0.2) is 13.1 Å². The molecule has 2 aliphatic rings. The first-order valence-corrected chi connectivity index (χ1v) is 7.95. The highest BCUT2D eigenvalue weighted by Crippen LogP contribution is 2.23. The molecule has 0 aromatic carbocycles. The first-order valence-electron chi connectivity index (χ1n) is 6.40. The maximum Gasteiger partial charge on any atom is 0.214 e. The molecule has 0 amide bonds. The van der Waals surface area contributed by atoms with Crippen LogP contribution in [0, 0.1) is 0 Å². The molecule has 16 heavy (non-hydrogen) atoms. The van der Waals surface area contributed by atoms with Crippen molar-refractivity contribution in [1.82, 2.24) is 10.0 Å². The van der Waals surface area contributed by atoms with Crippen LogP contribution >= 0.6 is 0 Å². The quantitative estimate of drug-likeness (QED) is 0.781. The second kappa shape index (κ2) is 5.47. The van der Waals surface area contributed by atoms with Gasteiger partial charge in [0.15, 0.2) is 0 Å². The molecule has 1 atom stereocenters. The standard InChI is InChI=1S/C11H22N2O2S/c14-16(15,11-6-2-1-3-7-11)13-10-5-4-8-12-9-10/h10-13H,1-9H2. The molecule has 1 heterocycles. The van der Waals surface area contributed by atoms with Crippen LogP contribution < -0.4 is 10.0 Å². The molecular weight excluding hydrogens is 224 g/mol. The van der Waals surface area contributed by atoms with E-state index >= 15 is 0 Å². The van der Waals surface area contributed by atoms with Gasteiger partial charge in [0.05, 0.1) is 5.25 Å². The highest BCUT2D eigenvalue weighted by molar-refractivity contribution is 7.90. The molecule has 2 N–H and O–H groups in total. The normalized spacial score (nSPS) is 29.1. The Labute approximate surface area is 98.2 Å². The lowest BCUT2D eigenvalue weighted by Gasteiger charge is -2.28. The van der Waals surface area contributed by atoms with Crippen molar-refractivity contribution in [2.24, 2.45) is 0 Å². The van der Waals surface area contributed by atoms with Gasteiger partial charge in [-0.05, 0) is 32.2 Å². The van der Waals surface area contributed by atoms with Crippen LogP contribution in [-0.4, -0.2) is 32.8 Å². The Morgan fingerprint density at radius 3 is 2.38 bits per heavy atom. The van der Waals surface area contributed by atoms with Crippen molar-refractivity contribution in [1.29, 1.82) is 0 Å². The lowest BCUT2D eigenvalue weighted by Crippen LogP contribution is -2.48. The number of hydrogen-bond donors (Lipinski definition) is 2. The molecule has 5 heteroatoms. The van der Waals surface area contributed by atoms with Crippen molar-refractivity contribution in [3.8, 4) is 0 Å². The summed E-state index contributed by atoms with van der Waals surface area (Å²) in [5, 5.41) is 3.10. The van der Waals surface area contributed by atoms with Gasteiger partial charge in [0.25, 0.3) is 0 Å². The average Bonchev–Trinajstić information content (AvgIpc) is 2.31. The summed E-state index contributed by atoms with van der Waals surface area (Å²) in [6.07, 6.45) is 7.04. The number of rotatable bonds is 3. The summed E-state index contributed by atoms with van der Waals surface area (Å²) in [4.78, 5) is 0. The van der Waals surface area contributed by atoms with Crippen molar-refractivity contribution in [2.45, 2.75) is 56.2 Å². The van der Waals surface area contributed by atoms with Crippen LogP contribution in [0.1, 0.15) is 44.9 Å². The van der Waals surface area contributed by atoms with Crippen LogP contribution in [0.2, 0.25) is 0 Å². The van der Waals surface area contributed by atoms with Crippen molar-refractivity contribution >= 4 is 10.0 Å². The van der Waals surface area contributed by atoms with Crippen LogP contribution in [-0.2, 0) is 10.0 Å². The SMILES string of the molecule is O=S(=O)(NC1CCCNC1)C1CCCCC1. The summed E-state index contributed by atoms with van der Waals surface area (Å²) in [6, 6.07) is 0.112. The predicted molar refractivity (Wildman–Crippen MR) is 64.8 cm³/mol. The van der Waals surface area contributed by atoms with E-state index < -0.39 is 10.0 Å². The second-order valence-electron chi connectivity index (χ2n) is 4.97. The third kappa shape index (κ3) is 3.18. The van der Waals surface area contributed by atoms with Crippen LogP contribution in [0.5, 0.6) is 0 Å².